The van der Waals surface area contributed by atoms with Crippen molar-refractivity contribution >= 4 is 10.0 Å². The zero-order chi connectivity index (χ0) is 10.3. The van der Waals surface area contributed by atoms with E-state index in [0.29, 0.717) is 13.2 Å². The van der Waals surface area contributed by atoms with Crippen LogP contribution in [0.4, 0.5) is 0 Å². The highest BCUT2D eigenvalue weighted by atomic mass is 32.2. The Kier molecular flexibility index (Phi) is 5.73. The normalized spacial score (nSPS) is 13.0. The van der Waals surface area contributed by atoms with Gasteiger partial charge in [0.05, 0.1) is 12.0 Å². The molecule has 0 radical (unpaired) electrons. The van der Waals surface area contributed by atoms with Gasteiger partial charge in [-0.05, 0) is 19.4 Å². The second-order valence-electron chi connectivity index (χ2n) is 2.74. The molecule has 0 heterocycles. The zero-order valence-corrected chi connectivity index (χ0v) is 9.15. The topological polar surface area (TPSA) is 55.4 Å². The third kappa shape index (κ3) is 9.36. The Morgan fingerprint density at radius 2 is 2.15 bits per heavy atom. The molecule has 0 fully saturated rings. The van der Waals surface area contributed by atoms with Crippen LogP contribution in [0, 0.1) is 0 Å². The van der Waals surface area contributed by atoms with E-state index in [2.05, 4.69) is 4.72 Å². The van der Waals surface area contributed by atoms with E-state index in [1.54, 1.807) is 0 Å². The number of ether oxygens (including phenoxy) is 1. The Morgan fingerprint density at radius 1 is 1.54 bits per heavy atom. The summed E-state index contributed by atoms with van der Waals surface area (Å²) in [5, 5.41) is 0. The predicted octanol–water partition coefficient (Wildman–Crippen LogP) is 0.866. The fraction of sp³-hybridized carbons (Fsp3) is 0.750. The number of hydrogen-bond acceptors (Lipinski definition) is 3. The molecule has 0 saturated heterocycles. The van der Waals surface area contributed by atoms with Gasteiger partial charge in [-0.1, -0.05) is 6.92 Å². The number of rotatable bonds is 6. The SMILES string of the molecule is CC/C=C(\C)OCCNS(C)(=O)=O. The summed E-state index contributed by atoms with van der Waals surface area (Å²) in [6.45, 7) is 4.55. The average Bonchev–Trinajstić information content (AvgIpc) is 1.97. The van der Waals surface area contributed by atoms with Crippen molar-refractivity contribution < 1.29 is 13.2 Å². The van der Waals surface area contributed by atoms with Gasteiger partial charge in [-0.25, -0.2) is 13.1 Å². The van der Waals surface area contributed by atoms with E-state index in [0.717, 1.165) is 18.4 Å². The number of nitrogens with one attached hydrogen (secondary N) is 1. The Balaban J connectivity index is 3.53. The standard InChI is InChI=1S/C8H17NO3S/c1-4-5-8(2)12-7-6-9-13(3,10)11/h5,9H,4,6-7H2,1-3H3/b8-5+. The van der Waals surface area contributed by atoms with E-state index in [1.165, 1.54) is 0 Å². The quantitative estimate of drug-likeness (QED) is 0.519. The Bertz CT molecular complexity index is 257. The maximum absolute atomic E-state index is 10.6. The zero-order valence-electron chi connectivity index (χ0n) is 8.33. The van der Waals surface area contributed by atoms with Gasteiger partial charge in [0.15, 0.2) is 0 Å². The van der Waals surface area contributed by atoms with Gasteiger partial charge >= 0.3 is 0 Å². The summed E-state index contributed by atoms with van der Waals surface area (Å²) in [7, 11) is -3.08. The second-order valence-corrected chi connectivity index (χ2v) is 4.57. The maximum Gasteiger partial charge on any atom is 0.208 e. The van der Waals surface area contributed by atoms with Crippen molar-refractivity contribution in [3.05, 3.63) is 11.8 Å². The van der Waals surface area contributed by atoms with Gasteiger partial charge in [0, 0.05) is 6.54 Å². The van der Waals surface area contributed by atoms with Crippen molar-refractivity contribution in [1.82, 2.24) is 4.72 Å². The van der Waals surface area contributed by atoms with Crippen molar-refractivity contribution in [1.29, 1.82) is 0 Å². The van der Waals surface area contributed by atoms with E-state index in [9.17, 15) is 8.42 Å². The maximum atomic E-state index is 10.6. The van der Waals surface area contributed by atoms with Gasteiger partial charge in [-0.3, -0.25) is 0 Å². The van der Waals surface area contributed by atoms with Crippen LogP contribution < -0.4 is 4.72 Å². The molecule has 0 aromatic carbocycles. The lowest BCUT2D eigenvalue weighted by molar-refractivity contribution is 0.218. The monoisotopic (exact) mass is 207 g/mol. The van der Waals surface area contributed by atoms with Crippen LogP contribution in [-0.2, 0) is 14.8 Å². The fourth-order valence-corrected chi connectivity index (χ4v) is 1.24. The molecule has 5 heteroatoms. The molecule has 4 nitrogen and oxygen atoms in total. The number of hydrogen-bond donors (Lipinski definition) is 1. The third-order valence-corrected chi connectivity index (χ3v) is 2.02. The van der Waals surface area contributed by atoms with E-state index in [4.69, 9.17) is 4.74 Å². The molecule has 0 spiro atoms. The van der Waals surface area contributed by atoms with Gasteiger partial charge < -0.3 is 4.74 Å². The van der Waals surface area contributed by atoms with E-state index in [-0.39, 0.29) is 0 Å². The highest BCUT2D eigenvalue weighted by molar-refractivity contribution is 7.88. The second kappa shape index (κ2) is 5.99. The molecule has 1 N–H and O–H groups in total. The summed E-state index contributed by atoms with van der Waals surface area (Å²) in [4.78, 5) is 0. The highest BCUT2D eigenvalue weighted by Crippen LogP contribution is 1.95. The lowest BCUT2D eigenvalue weighted by Gasteiger charge is -2.05. The molecule has 0 aromatic rings. The van der Waals surface area contributed by atoms with Crippen molar-refractivity contribution in [2.75, 3.05) is 19.4 Å². The lowest BCUT2D eigenvalue weighted by Crippen LogP contribution is -2.25. The smallest absolute Gasteiger partial charge is 0.208 e. The minimum absolute atomic E-state index is 0.313. The Labute approximate surface area is 80.0 Å². The average molecular weight is 207 g/mol. The van der Waals surface area contributed by atoms with E-state index < -0.39 is 10.0 Å². The van der Waals surface area contributed by atoms with Crippen LogP contribution in [0.1, 0.15) is 20.3 Å². The molecule has 0 aromatic heterocycles. The van der Waals surface area contributed by atoms with Crippen LogP contribution in [0.5, 0.6) is 0 Å². The first-order valence-electron chi connectivity index (χ1n) is 4.20. The Morgan fingerprint density at radius 3 is 2.62 bits per heavy atom. The summed E-state index contributed by atoms with van der Waals surface area (Å²) in [5.41, 5.74) is 0. The van der Waals surface area contributed by atoms with Crippen LogP contribution in [0.25, 0.3) is 0 Å². The molecular formula is C8H17NO3S. The van der Waals surface area contributed by atoms with Gasteiger partial charge in [-0.2, -0.15) is 0 Å². The summed E-state index contributed by atoms with van der Waals surface area (Å²) in [6.07, 6.45) is 3.99. The fourth-order valence-electron chi connectivity index (χ4n) is 0.785. The van der Waals surface area contributed by atoms with Crippen LogP contribution in [0.2, 0.25) is 0 Å². The highest BCUT2D eigenvalue weighted by Gasteiger charge is 1.98. The molecule has 0 atom stereocenters. The molecule has 78 valence electrons. The molecule has 0 saturated carbocycles. The summed E-state index contributed by atoms with van der Waals surface area (Å²) < 4.78 is 28.8. The molecule has 0 aliphatic rings. The summed E-state index contributed by atoms with van der Waals surface area (Å²) in [5.74, 6) is 0.831. The first-order valence-corrected chi connectivity index (χ1v) is 6.09. The van der Waals surface area contributed by atoms with Crippen LogP contribution in [-0.4, -0.2) is 27.8 Å². The van der Waals surface area contributed by atoms with Gasteiger partial charge in [0.1, 0.15) is 6.61 Å². The summed E-state index contributed by atoms with van der Waals surface area (Å²) >= 11 is 0. The predicted molar refractivity (Wildman–Crippen MR) is 52.8 cm³/mol. The molecule has 0 rings (SSSR count). The molecular weight excluding hydrogens is 190 g/mol. The van der Waals surface area contributed by atoms with Crippen molar-refractivity contribution in [3.8, 4) is 0 Å². The summed E-state index contributed by atoms with van der Waals surface area (Å²) in [6, 6.07) is 0. The van der Waals surface area contributed by atoms with E-state index >= 15 is 0 Å². The largest absolute Gasteiger partial charge is 0.497 e. The molecule has 0 unspecified atom stereocenters. The van der Waals surface area contributed by atoms with Gasteiger partial charge in [-0.15, -0.1) is 0 Å². The van der Waals surface area contributed by atoms with Crippen LogP contribution >= 0.6 is 0 Å². The van der Waals surface area contributed by atoms with Crippen LogP contribution in [0.15, 0.2) is 11.8 Å². The number of sulfonamides is 1. The first kappa shape index (κ1) is 12.4. The van der Waals surface area contributed by atoms with Crippen molar-refractivity contribution in [3.63, 3.8) is 0 Å². The van der Waals surface area contributed by atoms with E-state index in [1.807, 2.05) is 19.9 Å². The van der Waals surface area contributed by atoms with Crippen LogP contribution in [0.3, 0.4) is 0 Å². The van der Waals surface area contributed by atoms with Crippen molar-refractivity contribution in [2.45, 2.75) is 20.3 Å². The third-order valence-electron chi connectivity index (χ3n) is 1.29. The van der Waals surface area contributed by atoms with Gasteiger partial charge in [0.2, 0.25) is 10.0 Å². The Hall–Kier alpha value is -0.550. The molecule has 0 bridgehead atoms. The molecule has 0 aliphatic carbocycles. The minimum Gasteiger partial charge on any atom is -0.497 e. The van der Waals surface area contributed by atoms with Crippen molar-refractivity contribution in [2.24, 2.45) is 0 Å². The minimum atomic E-state index is -3.08. The first-order chi connectivity index (χ1) is 5.95. The van der Waals surface area contributed by atoms with Gasteiger partial charge in [0.25, 0.3) is 0 Å². The molecule has 0 aliphatic heterocycles. The molecule has 0 amide bonds. The number of allylic oxidation sites excluding steroid dienone is 2. The lowest BCUT2D eigenvalue weighted by atomic mass is 10.4. The molecule has 13 heavy (non-hydrogen) atoms.